The van der Waals surface area contributed by atoms with Crippen molar-refractivity contribution in [2.75, 3.05) is 12.4 Å². The third-order valence-corrected chi connectivity index (χ3v) is 5.32. The molecular formula is C20H19BrN6O3. The maximum absolute atomic E-state index is 12.2. The topological polar surface area (TPSA) is 117 Å². The number of aromatic nitrogens is 4. The Labute approximate surface area is 181 Å². The van der Waals surface area contributed by atoms with Crippen LogP contribution in [-0.2, 0) is 11.4 Å². The molecule has 0 spiro atoms. The summed E-state index contributed by atoms with van der Waals surface area (Å²) in [5, 5.41) is 14.7. The van der Waals surface area contributed by atoms with Gasteiger partial charge in [0.25, 0.3) is 0 Å². The summed E-state index contributed by atoms with van der Waals surface area (Å²) >= 11 is 3.42. The van der Waals surface area contributed by atoms with Crippen molar-refractivity contribution in [1.29, 1.82) is 0 Å². The average Bonchev–Trinajstić information content (AvgIpc) is 3.20. The smallest absolute Gasteiger partial charge is 0.248 e. The number of nitrogens with two attached hydrogens (primary N) is 1. The lowest BCUT2D eigenvalue weighted by atomic mass is 9.95. The Bertz CT molecular complexity index is 1130. The minimum Gasteiger partial charge on any atom is -0.493 e. The fourth-order valence-corrected chi connectivity index (χ4v) is 3.62. The second-order valence-corrected chi connectivity index (χ2v) is 7.62. The monoisotopic (exact) mass is 470 g/mol. The number of carbonyl (C=O) groups is 1. The Morgan fingerprint density at radius 3 is 2.70 bits per heavy atom. The highest BCUT2D eigenvalue weighted by molar-refractivity contribution is 9.10. The van der Waals surface area contributed by atoms with E-state index >= 15 is 0 Å². The normalized spacial score (nSPS) is 15.4. The first-order valence-corrected chi connectivity index (χ1v) is 9.88. The quantitative estimate of drug-likeness (QED) is 0.568. The van der Waals surface area contributed by atoms with Crippen molar-refractivity contribution in [2.24, 2.45) is 5.73 Å². The van der Waals surface area contributed by atoms with Crippen molar-refractivity contribution in [2.45, 2.75) is 19.6 Å². The molecule has 1 aliphatic heterocycles. The van der Waals surface area contributed by atoms with E-state index < -0.39 is 11.9 Å². The van der Waals surface area contributed by atoms with Gasteiger partial charge in [-0.3, -0.25) is 4.79 Å². The molecule has 0 fully saturated rings. The van der Waals surface area contributed by atoms with Crippen molar-refractivity contribution in [3.63, 3.8) is 0 Å². The van der Waals surface area contributed by atoms with Crippen LogP contribution in [0, 0.1) is 0 Å². The number of amides is 1. The van der Waals surface area contributed by atoms with Gasteiger partial charge in [0.05, 0.1) is 12.7 Å². The van der Waals surface area contributed by atoms with Crippen molar-refractivity contribution < 1.29 is 14.3 Å². The number of tetrazole rings is 1. The molecule has 30 heavy (non-hydrogen) atoms. The molecular weight excluding hydrogens is 452 g/mol. The van der Waals surface area contributed by atoms with Crippen LogP contribution >= 0.6 is 15.9 Å². The van der Waals surface area contributed by atoms with Crippen LogP contribution in [0.3, 0.4) is 0 Å². The molecule has 2 heterocycles. The highest BCUT2D eigenvalue weighted by Gasteiger charge is 2.33. The van der Waals surface area contributed by atoms with Gasteiger partial charge in [0.15, 0.2) is 11.5 Å². The van der Waals surface area contributed by atoms with Gasteiger partial charge >= 0.3 is 0 Å². The number of nitrogens with zero attached hydrogens (tertiary/aromatic N) is 4. The Kier molecular flexibility index (Phi) is 5.40. The second-order valence-electron chi connectivity index (χ2n) is 6.70. The number of ether oxygens (including phenoxy) is 2. The van der Waals surface area contributed by atoms with Crippen molar-refractivity contribution in [3.05, 3.63) is 69.3 Å². The summed E-state index contributed by atoms with van der Waals surface area (Å²) in [6, 6.07) is 12.7. The number of carbonyl (C=O) groups excluding carboxylic acids is 1. The summed E-state index contributed by atoms with van der Waals surface area (Å²) in [6.07, 6.45) is 0. The maximum atomic E-state index is 12.2. The number of rotatable bonds is 6. The number of hydrogen-bond donors (Lipinski definition) is 2. The first kappa shape index (κ1) is 19.9. The van der Waals surface area contributed by atoms with Crippen LogP contribution in [0.15, 0.2) is 58.2 Å². The Balaban J connectivity index is 1.66. The van der Waals surface area contributed by atoms with Crippen molar-refractivity contribution >= 4 is 27.8 Å². The van der Waals surface area contributed by atoms with Crippen LogP contribution in [0.2, 0.25) is 0 Å². The van der Waals surface area contributed by atoms with E-state index in [9.17, 15) is 4.79 Å². The Morgan fingerprint density at radius 2 is 2.00 bits per heavy atom. The van der Waals surface area contributed by atoms with Crippen LogP contribution in [0.1, 0.15) is 24.1 Å². The number of halogens is 1. The van der Waals surface area contributed by atoms with Gasteiger partial charge in [-0.25, -0.2) is 0 Å². The third-order valence-electron chi connectivity index (χ3n) is 4.79. The lowest BCUT2D eigenvalue weighted by Crippen LogP contribution is -2.31. The standard InChI is InChI=1S/C20H19BrN6O3/c1-11-17(19(22)28)18(27-20(23-11)24-25-26-27)13-5-8-15(16(9-13)29-2)30-10-12-3-6-14(21)7-4-12/h3-9,18H,10H2,1-2H3,(H2,22,28)(H,23,24,26). The molecule has 0 aliphatic carbocycles. The fourth-order valence-electron chi connectivity index (χ4n) is 3.35. The largest absolute Gasteiger partial charge is 0.493 e. The number of benzene rings is 2. The van der Waals surface area contributed by atoms with Gasteiger partial charge in [-0.2, -0.15) is 4.68 Å². The average molecular weight is 471 g/mol. The SMILES string of the molecule is COc1cc(C2C(C(N)=O)=C(C)Nc3nnnn32)ccc1OCc1ccc(Br)cc1. The predicted octanol–water partition coefficient (Wildman–Crippen LogP) is 2.80. The summed E-state index contributed by atoms with van der Waals surface area (Å²) in [5.74, 6) is 0.980. The maximum Gasteiger partial charge on any atom is 0.248 e. The van der Waals surface area contributed by atoms with Gasteiger partial charge in [0, 0.05) is 10.2 Å². The summed E-state index contributed by atoms with van der Waals surface area (Å²) in [4.78, 5) is 12.2. The summed E-state index contributed by atoms with van der Waals surface area (Å²) in [5.41, 5.74) is 8.40. The molecule has 0 bridgehead atoms. The second kappa shape index (κ2) is 8.15. The first-order valence-electron chi connectivity index (χ1n) is 9.08. The van der Waals surface area contributed by atoms with Crippen LogP contribution in [-0.4, -0.2) is 33.2 Å². The molecule has 1 unspecified atom stereocenters. The van der Waals surface area contributed by atoms with Crippen LogP contribution in [0.25, 0.3) is 0 Å². The zero-order valence-electron chi connectivity index (χ0n) is 16.3. The van der Waals surface area contributed by atoms with E-state index in [4.69, 9.17) is 15.2 Å². The molecule has 10 heteroatoms. The number of hydrogen-bond acceptors (Lipinski definition) is 7. The molecule has 9 nitrogen and oxygen atoms in total. The molecule has 1 atom stereocenters. The number of nitrogens with one attached hydrogen (secondary N) is 1. The number of methoxy groups -OCH3 is 1. The van der Waals surface area contributed by atoms with E-state index in [0.29, 0.717) is 35.3 Å². The Hall–Kier alpha value is -3.40. The number of fused-ring (bicyclic) bond motifs is 1. The van der Waals surface area contributed by atoms with Crippen LogP contribution in [0.5, 0.6) is 11.5 Å². The first-order chi connectivity index (χ1) is 14.5. The molecule has 3 aromatic rings. The number of anilines is 1. The van der Waals surface area contributed by atoms with Gasteiger partial charge in [-0.05, 0) is 52.7 Å². The van der Waals surface area contributed by atoms with E-state index in [1.165, 1.54) is 4.68 Å². The molecule has 3 N–H and O–H groups in total. The molecule has 154 valence electrons. The zero-order valence-corrected chi connectivity index (χ0v) is 17.9. The van der Waals surface area contributed by atoms with E-state index in [1.807, 2.05) is 30.3 Å². The summed E-state index contributed by atoms with van der Waals surface area (Å²) < 4.78 is 14.0. The lowest BCUT2D eigenvalue weighted by molar-refractivity contribution is -0.115. The molecule has 0 saturated carbocycles. The van der Waals surface area contributed by atoms with Gasteiger partial charge in [0.2, 0.25) is 11.9 Å². The van der Waals surface area contributed by atoms with E-state index in [1.54, 1.807) is 26.2 Å². The van der Waals surface area contributed by atoms with Gasteiger partial charge in [0.1, 0.15) is 12.6 Å². The predicted molar refractivity (Wildman–Crippen MR) is 113 cm³/mol. The minimum absolute atomic E-state index is 0.375. The molecule has 1 aliphatic rings. The van der Waals surface area contributed by atoms with Crippen LogP contribution in [0.4, 0.5) is 5.95 Å². The molecule has 4 rings (SSSR count). The number of allylic oxidation sites excluding steroid dienone is 1. The Morgan fingerprint density at radius 1 is 1.23 bits per heavy atom. The highest BCUT2D eigenvalue weighted by Crippen LogP contribution is 2.38. The van der Waals surface area contributed by atoms with Gasteiger partial charge < -0.3 is 20.5 Å². The molecule has 1 aromatic heterocycles. The van der Waals surface area contributed by atoms with Gasteiger partial charge in [-0.1, -0.05) is 39.2 Å². The van der Waals surface area contributed by atoms with E-state index in [0.717, 1.165) is 15.6 Å². The lowest BCUT2D eigenvalue weighted by Gasteiger charge is -2.27. The fraction of sp³-hybridized carbons (Fsp3) is 0.200. The zero-order chi connectivity index (χ0) is 21.3. The third kappa shape index (κ3) is 3.73. The van der Waals surface area contributed by atoms with E-state index in [-0.39, 0.29) is 0 Å². The summed E-state index contributed by atoms with van der Waals surface area (Å²) in [6.45, 7) is 2.15. The minimum atomic E-state index is -0.580. The highest BCUT2D eigenvalue weighted by atomic mass is 79.9. The number of primary amides is 1. The molecule has 0 saturated heterocycles. The molecule has 0 radical (unpaired) electrons. The summed E-state index contributed by atoms with van der Waals surface area (Å²) in [7, 11) is 1.56. The van der Waals surface area contributed by atoms with Crippen molar-refractivity contribution in [1.82, 2.24) is 20.2 Å². The van der Waals surface area contributed by atoms with Crippen LogP contribution < -0.4 is 20.5 Å². The molecule has 1 amide bonds. The van der Waals surface area contributed by atoms with E-state index in [2.05, 4.69) is 36.8 Å². The molecule has 2 aromatic carbocycles. The van der Waals surface area contributed by atoms with Crippen molar-refractivity contribution in [3.8, 4) is 11.5 Å². The van der Waals surface area contributed by atoms with Gasteiger partial charge in [-0.15, -0.1) is 0 Å².